The Morgan fingerprint density at radius 1 is 1.14 bits per heavy atom. The van der Waals surface area contributed by atoms with Gasteiger partial charge in [-0.2, -0.15) is 0 Å². The van der Waals surface area contributed by atoms with Crippen LogP contribution in [0.1, 0.15) is 10.4 Å². The van der Waals surface area contributed by atoms with Crippen LogP contribution in [0.2, 0.25) is 0 Å². The summed E-state index contributed by atoms with van der Waals surface area (Å²) in [5.74, 6) is -3.85. The van der Waals surface area contributed by atoms with E-state index in [9.17, 15) is 19.2 Å². The second-order valence-corrected chi connectivity index (χ2v) is 4.92. The number of nitrogens with one attached hydrogen (secondary N) is 1. The quantitative estimate of drug-likeness (QED) is 0.493. The summed E-state index contributed by atoms with van der Waals surface area (Å²) in [4.78, 5) is 45.0. The first-order chi connectivity index (χ1) is 9.79. The molecule has 1 aromatic heterocycles. The van der Waals surface area contributed by atoms with Gasteiger partial charge in [0.25, 0.3) is 5.91 Å². The Balaban J connectivity index is 2.68. The lowest BCUT2D eigenvalue weighted by atomic mass is 10.3. The van der Waals surface area contributed by atoms with Crippen molar-refractivity contribution in [1.29, 1.82) is 0 Å². The van der Waals surface area contributed by atoms with Crippen LogP contribution >= 0.6 is 11.3 Å². The molecule has 10 heteroatoms. The first-order valence-corrected chi connectivity index (χ1v) is 6.50. The van der Waals surface area contributed by atoms with Crippen molar-refractivity contribution >= 4 is 40.1 Å². The summed E-state index contributed by atoms with van der Waals surface area (Å²) >= 11 is 1.08. The van der Waals surface area contributed by atoms with Gasteiger partial charge in [0.05, 0.1) is 25.2 Å². The molecule has 0 bridgehead atoms. The number of carboxylic acid groups (broad SMARTS) is 2. The Morgan fingerprint density at radius 2 is 1.71 bits per heavy atom. The van der Waals surface area contributed by atoms with Crippen molar-refractivity contribution in [2.24, 2.45) is 5.73 Å². The largest absolute Gasteiger partial charge is 0.480 e. The Hall–Kier alpha value is -2.46. The summed E-state index contributed by atoms with van der Waals surface area (Å²) in [6, 6.07) is 1.44. The highest BCUT2D eigenvalue weighted by atomic mass is 32.1. The van der Waals surface area contributed by atoms with E-state index in [1.54, 1.807) is 5.38 Å². The summed E-state index contributed by atoms with van der Waals surface area (Å²) in [7, 11) is 0. The Bertz CT molecular complexity index is 554. The molecule has 114 valence electrons. The van der Waals surface area contributed by atoms with Crippen LogP contribution < -0.4 is 11.1 Å². The predicted molar refractivity (Wildman–Crippen MR) is 73.2 cm³/mol. The fourth-order valence-corrected chi connectivity index (χ4v) is 2.33. The van der Waals surface area contributed by atoms with Crippen molar-refractivity contribution in [1.82, 2.24) is 4.90 Å². The van der Waals surface area contributed by atoms with Crippen LogP contribution in [0.15, 0.2) is 11.4 Å². The van der Waals surface area contributed by atoms with Gasteiger partial charge in [0.1, 0.15) is 5.00 Å². The lowest BCUT2D eigenvalue weighted by molar-refractivity contribution is -0.142. The number of carbonyl (C=O) groups excluding carboxylic acids is 2. The number of carbonyl (C=O) groups is 4. The molecule has 0 atom stereocenters. The zero-order chi connectivity index (χ0) is 16.0. The zero-order valence-electron chi connectivity index (χ0n) is 10.7. The van der Waals surface area contributed by atoms with Gasteiger partial charge in [-0.3, -0.25) is 24.1 Å². The third-order valence-corrected chi connectivity index (χ3v) is 3.10. The molecule has 0 fully saturated rings. The van der Waals surface area contributed by atoms with Crippen LogP contribution in [-0.2, 0) is 14.4 Å². The third-order valence-electron chi connectivity index (χ3n) is 2.27. The maximum atomic E-state index is 11.8. The summed E-state index contributed by atoms with van der Waals surface area (Å²) in [5, 5.41) is 21.5. The molecule has 0 aliphatic rings. The minimum atomic E-state index is -1.25. The van der Waals surface area contributed by atoms with Crippen LogP contribution in [0.4, 0.5) is 5.00 Å². The molecular weight excluding hydrogens is 302 g/mol. The number of amides is 2. The highest BCUT2D eigenvalue weighted by Crippen LogP contribution is 2.22. The van der Waals surface area contributed by atoms with Crippen molar-refractivity contribution in [2.75, 3.05) is 25.0 Å². The molecule has 1 heterocycles. The van der Waals surface area contributed by atoms with E-state index in [1.165, 1.54) is 6.07 Å². The number of carboxylic acids is 2. The average Bonchev–Trinajstić information content (AvgIpc) is 2.74. The molecule has 21 heavy (non-hydrogen) atoms. The Kier molecular flexibility index (Phi) is 5.81. The van der Waals surface area contributed by atoms with Gasteiger partial charge in [0.15, 0.2) is 0 Å². The molecule has 0 aromatic carbocycles. The minimum Gasteiger partial charge on any atom is -0.480 e. The van der Waals surface area contributed by atoms with Crippen LogP contribution in [0.3, 0.4) is 0 Å². The standard InChI is InChI=1S/C11H13N3O6S/c12-10(20)6-1-2-21-11(6)13-7(15)3-14(4-8(16)17)5-9(18)19/h1-2H,3-5H2,(H2,12,20)(H,13,15)(H,16,17)(H,18,19). The smallest absolute Gasteiger partial charge is 0.317 e. The minimum absolute atomic E-state index is 0.136. The molecule has 0 spiro atoms. The molecular formula is C11H13N3O6S. The summed E-state index contributed by atoms with van der Waals surface area (Å²) in [6.07, 6.45) is 0. The number of thiophene rings is 1. The Labute approximate surface area is 123 Å². The molecule has 0 aliphatic carbocycles. The summed E-state index contributed by atoms with van der Waals surface area (Å²) in [5.41, 5.74) is 5.25. The van der Waals surface area contributed by atoms with E-state index in [4.69, 9.17) is 15.9 Å². The molecule has 2 amide bonds. The normalized spacial score (nSPS) is 10.3. The fourth-order valence-electron chi connectivity index (χ4n) is 1.52. The maximum Gasteiger partial charge on any atom is 0.317 e. The predicted octanol–water partition coefficient (Wildman–Crippen LogP) is -0.743. The molecule has 1 aromatic rings. The first-order valence-electron chi connectivity index (χ1n) is 5.62. The summed E-state index contributed by atoms with van der Waals surface area (Å²) in [6.45, 7) is -1.62. The monoisotopic (exact) mass is 315 g/mol. The molecule has 0 unspecified atom stereocenters. The van der Waals surface area contributed by atoms with Gasteiger partial charge in [-0.1, -0.05) is 0 Å². The topological polar surface area (TPSA) is 150 Å². The van der Waals surface area contributed by atoms with Crippen molar-refractivity contribution in [2.45, 2.75) is 0 Å². The van der Waals surface area contributed by atoms with E-state index in [1.807, 2.05) is 0 Å². The number of nitrogens with two attached hydrogens (primary N) is 1. The van der Waals surface area contributed by atoms with Gasteiger partial charge >= 0.3 is 11.9 Å². The Morgan fingerprint density at radius 3 is 2.19 bits per heavy atom. The molecule has 0 aliphatic heterocycles. The third kappa shape index (κ3) is 5.58. The van der Waals surface area contributed by atoms with Crippen LogP contribution in [0.25, 0.3) is 0 Å². The van der Waals surface area contributed by atoms with E-state index in [-0.39, 0.29) is 10.6 Å². The van der Waals surface area contributed by atoms with Crippen molar-refractivity contribution in [3.8, 4) is 0 Å². The lowest BCUT2D eigenvalue weighted by Crippen LogP contribution is -2.40. The number of aliphatic carboxylic acids is 2. The van der Waals surface area contributed by atoms with Gasteiger partial charge in [0.2, 0.25) is 5.91 Å². The average molecular weight is 315 g/mol. The van der Waals surface area contributed by atoms with Gasteiger partial charge in [-0.05, 0) is 11.4 Å². The van der Waals surface area contributed by atoms with Gasteiger partial charge in [-0.25, -0.2) is 0 Å². The molecule has 0 saturated carbocycles. The van der Waals surface area contributed by atoms with E-state index in [2.05, 4.69) is 5.32 Å². The number of hydrogen-bond donors (Lipinski definition) is 4. The van der Waals surface area contributed by atoms with E-state index in [0.29, 0.717) is 0 Å². The first kappa shape index (κ1) is 16.6. The highest BCUT2D eigenvalue weighted by molar-refractivity contribution is 7.14. The van der Waals surface area contributed by atoms with Crippen molar-refractivity contribution in [3.05, 3.63) is 17.0 Å². The van der Waals surface area contributed by atoms with E-state index in [0.717, 1.165) is 16.2 Å². The SMILES string of the molecule is NC(=O)c1ccsc1NC(=O)CN(CC(=O)O)CC(=O)O. The highest BCUT2D eigenvalue weighted by Gasteiger charge is 2.18. The van der Waals surface area contributed by atoms with Gasteiger partial charge in [-0.15, -0.1) is 11.3 Å². The van der Waals surface area contributed by atoms with Crippen LogP contribution in [0, 0.1) is 0 Å². The summed E-state index contributed by atoms with van der Waals surface area (Å²) < 4.78 is 0. The second-order valence-electron chi connectivity index (χ2n) is 4.01. The molecule has 9 nitrogen and oxygen atoms in total. The van der Waals surface area contributed by atoms with Crippen molar-refractivity contribution in [3.63, 3.8) is 0 Å². The van der Waals surface area contributed by atoms with Crippen LogP contribution in [-0.4, -0.2) is 58.5 Å². The van der Waals surface area contributed by atoms with Crippen molar-refractivity contribution < 1.29 is 29.4 Å². The molecule has 5 N–H and O–H groups in total. The molecule has 1 rings (SSSR count). The number of hydrogen-bond acceptors (Lipinski definition) is 6. The zero-order valence-corrected chi connectivity index (χ0v) is 11.6. The number of rotatable bonds is 8. The fraction of sp³-hybridized carbons (Fsp3) is 0.273. The van der Waals surface area contributed by atoms with Gasteiger partial charge in [0, 0.05) is 0 Å². The molecule has 0 radical (unpaired) electrons. The lowest BCUT2D eigenvalue weighted by Gasteiger charge is -2.17. The van der Waals surface area contributed by atoms with E-state index < -0.39 is 43.4 Å². The number of primary amides is 1. The second kappa shape index (κ2) is 7.36. The van der Waals surface area contributed by atoms with Gasteiger partial charge < -0.3 is 21.3 Å². The number of anilines is 1. The van der Waals surface area contributed by atoms with E-state index >= 15 is 0 Å². The maximum absolute atomic E-state index is 11.8. The molecule has 0 saturated heterocycles. The number of nitrogens with zero attached hydrogens (tertiary/aromatic N) is 1. The van der Waals surface area contributed by atoms with Crippen LogP contribution in [0.5, 0.6) is 0 Å².